The van der Waals surface area contributed by atoms with Gasteiger partial charge in [0.25, 0.3) is 0 Å². The van der Waals surface area contributed by atoms with E-state index in [2.05, 4.69) is 10.1 Å². The number of aryl methyl sites for hydroxylation is 1. The second-order valence-corrected chi connectivity index (χ2v) is 4.07. The summed E-state index contributed by atoms with van der Waals surface area (Å²) in [6, 6.07) is 1.83. The molecular weight excluding hydrogens is 198 g/mol. The Hall–Kier alpha value is -1.20. The third-order valence-corrected chi connectivity index (χ3v) is 2.76. The van der Waals surface area contributed by atoms with Crippen molar-refractivity contribution in [2.45, 2.75) is 12.5 Å². The number of aliphatic hydroxyl groups is 1. The van der Waals surface area contributed by atoms with Gasteiger partial charge in [-0.3, -0.25) is 9.67 Å². The molecule has 1 atom stereocenters. The lowest BCUT2D eigenvalue weighted by molar-refractivity contribution is 0.173. The number of rotatable bonds is 3. The third kappa shape index (κ3) is 2.00. The molecule has 1 N–H and O–H groups in total. The van der Waals surface area contributed by atoms with Crippen molar-refractivity contribution < 1.29 is 5.11 Å². The van der Waals surface area contributed by atoms with Gasteiger partial charge in [0.2, 0.25) is 0 Å². The van der Waals surface area contributed by atoms with Crippen LogP contribution in [0.5, 0.6) is 0 Å². The van der Waals surface area contributed by atoms with Crippen molar-refractivity contribution in [2.24, 2.45) is 7.05 Å². The molecule has 0 spiro atoms. The molecule has 14 heavy (non-hydrogen) atoms. The van der Waals surface area contributed by atoms with Gasteiger partial charge < -0.3 is 5.11 Å². The van der Waals surface area contributed by atoms with E-state index in [0.29, 0.717) is 12.1 Å². The van der Waals surface area contributed by atoms with E-state index < -0.39 is 6.10 Å². The van der Waals surface area contributed by atoms with Crippen LogP contribution in [-0.4, -0.2) is 19.9 Å². The highest BCUT2D eigenvalue weighted by molar-refractivity contribution is 7.09. The minimum Gasteiger partial charge on any atom is -0.386 e. The Morgan fingerprint density at radius 3 is 3.07 bits per heavy atom. The molecule has 5 heteroatoms. The molecule has 2 aromatic rings. The highest BCUT2D eigenvalue weighted by Gasteiger charge is 2.11. The largest absolute Gasteiger partial charge is 0.386 e. The first-order valence-corrected chi connectivity index (χ1v) is 5.18. The summed E-state index contributed by atoms with van der Waals surface area (Å²) < 4.78 is 1.69. The zero-order valence-corrected chi connectivity index (χ0v) is 8.61. The molecule has 2 aromatic heterocycles. The van der Waals surface area contributed by atoms with E-state index in [1.807, 2.05) is 19.3 Å². The third-order valence-electron chi connectivity index (χ3n) is 1.95. The summed E-state index contributed by atoms with van der Waals surface area (Å²) in [5.74, 6) is 0. The number of thiazole rings is 1. The van der Waals surface area contributed by atoms with Gasteiger partial charge in [0.1, 0.15) is 6.10 Å². The molecule has 1 unspecified atom stereocenters. The molecule has 0 saturated carbocycles. The summed E-state index contributed by atoms with van der Waals surface area (Å²) >= 11 is 1.55. The lowest BCUT2D eigenvalue weighted by Gasteiger charge is -2.04. The van der Waals surface area contributed by atoms with Gasteiger partial charge in [-0.1, -0.05) is 0 Å². The second kappa shape index (κ2) is 3.89. The van der Waals surface area contributed by atoms with Gasteiger partial charge in [0, 0.05) is 30.7 Å². The molecule has 0 aliphatic carbocycles. The summed E-state index contributed by atoms with van der Waals surface area (Å²) in [5, 5.41) is 14.0. The molecule has 0 bridgehead atoms. The van der Waals surface area contributed by atoms with Crippen molar-refractivity contribution in [3.05, 3.63) is 34.5 Å². The van der Waals surface area contributed by atoms with Crippen molar-refractivity contribution >= 4 is 11.3 Å². The maximum Gasteiger partial charge on any atom is 0.103 e. The van der Waals surface area contributed by atoms with Gasteiger partial charge in [-0.2, -0.15) is 5.10 Å². The fraction of sp³-hybridized carbons (Fsp3) is 0.333. The van der Waals surface area contributed by atoms with Crippen molar-refractivity contribution in [1.29, 1.82) is 0 Å². The SMILES string of the molecule is Cn1ccc(C(O)Cc2cncs2)n1. The topological polar surface area (TPSA) is 50.9 Å². The molecule has 74 valence electrons. The van der Waals surface area contributed by atoms with E-state index in [1.54, 1.807) is 27.7 Å². The average molecular weight is 209 g/mol. The van der Waals surface area contributed by atoms with Gasteiger partial charge in [-0.15, -0.1) is 11.3 Å². The molecule has 0 aliphatic heterocycles. The van der Waals surface area contributed by atoms with E-state index in [9.17, 15) is 5.11 Å². The molecular formula is C9H11N3OS. The Labute approximate surface area is 85.8 Å². The van der Waals surface area contributed by atoms with Crippen LogP contribution in [-0.2, 0) is 13.5 Å². The fourth-order valence-corrected chi connectivity index (χ4v) is 1.88. The van der Waals surface area contributed by atoms with Crippen LogP contribution in [0.4, 0.5) is 0 Å². The number of aromatic nitrogens is 3. The van der Waals surface area contributed by atoms with Gasteiger partial charge in [0.15, 0.2) is 0 Å². The van der Waals surface area contributed by atoms with Crippen molar-refractivity contribution in [3.63, 3.8) is 0 Å². The van der Waals surface area contributed by atoms with Crippen LogP contribution in [0.1, 0.15) is 16.7 Å². The Morgan fingerprint density at radius 1 is 1.64 bits per heavy atom. The Balaban J connectivity index is 2.06. The maximum absolute atomic E-state index is 9.81. The molecule has 2 heterocycles. The molecule has 0 aliphatic rings. The standard InChI is InChI=1S/C9H11N3OS/c1-12-3-2-8(11-12)9(13)4-7-5-10-6-14-7/h2-3,5-6,9,13H,4H2,1H3. The summed E-state index contributed by atoms with van der Waals surface area (Å²) in [7, 11) is 1.84. The van der Waals surface area contributed by atoms with Gasteiger partial charge in [-0.25, -0.2) is 0 Å². The van der Waals surface area contributed by atoms with E-state index in [1.165, 1.54) is 0 Å². The number of hydrogen-bond acceptors (Lipinski definition) is 4. The fourth-order valence-electron chi connectivity index (χ4n) is 1.25. The zero-order chi connectivity index (χ0) is 9.97. The number of hydrogen-bond donors (Lipinski definition) is 1. The van der Waals surface area contributed by atoms with Gasteiger partial charge in [-0.05, 0) is 6.07 Å². The van der Waals surface area contributed by atoms with Crippen LogP contribution >= 0.6 is 11.3 Å². The molecule has 0 amide bonds. The van der Waals surface area contributed by atoms with Crippen molar-refractivity contribution in [1.82, 2.24) is 14.8 Å². The monoisotopic (exact) mass is 209 g/mol. The predicted octanol–water partition coefficient (Wildman–Crippen LogP) is 1.15. The minimum atomic E-state index is -0.531. The highest BCUT2D eigenvalue weighted by Crippen LogP contribution is 2.18. The Bertz CT molecular complexity index is 396. The molecule has 0 aromatic carbocycles. The van der Waals surface area contributed by atoms with E-state index in [0.717, 1.165) is 4.88 Å². The summed E-state index contributed by atoms with van der Waals surface area (Å²) in [5.41, 5.74) is 2.47. The normalized spacial score (nSPS) is 13.0. The molecule has 2 rings (SSSR count). The lowest BCUT2D eigenvalue weighted by Crippen LogP contribution is -2.02. The first kappa shape index (κ1) is 9.36. The molecule has 0 radical (unpaired) electrons. The van der Waals surface area contributed by atoms with Crippen LogP contribution in [0.15, 0.2) is 24.0 Å². The predicted molar refractivity (Wildman–Crippen MR) is 54.0 cm³/mol. The van der Waals surface area contributed by atoms with Gasteiger partial charge in [0.05, 0.1) is 11.2 Å². The summed E-state index contributed by atoms with van der Waals surface area (Å²) in [6.45, 7) is 0. The van der Waals surface area contributed by atoms with E-state index in [-0.39, 0.29) is 0 Å². The summed E-state index contributed by atoms with van der Waals surface area (Å²) in [4.78, 5) is 5.03. The first-order valence-electron chi connectivity index (χ1n) is 4.30. The van der Waals surface area contributed by atoms with Crippen LogP contribution in [0, 0.1) is 0 Å². The number of aliphatic hydroxyl groups excluding tert-OH is 1. The van der Waals surface area contributed by atoms with Crippen LogP contribution in [0.25, 0.3) is 0 Å². The molecule has 4 nitrogen and oxygen atoms in total. The Kier molecular flexibility index (Phi) is 2.60. The zero-order valence-electron chi connectivity index (χ0n) is 7.79. The van der Waals surface area contributed by atoms with Gasteiger partial charge >= 0.3 is 0 Å². The van der Waals surface area contributed by atoms with E-state index >= 15 is 0 Å². The smallest absolute Gasteiger partial charge is 0.103 e. The quantitative estimate of drug-likeness (QED) is 0.825. The van der Waals surface area contributed by atoms with E-state index in [4.69, 9.17) is 0 Å². The lowest BCUT2D eigenvalue weighted by atomic mass is 10.2. The summed E-state index contributed by atoms with van der Waals surface area (Å²) in [6.07, 6.45) is 3.65. The minimum absolute atomic E-state index is 0.531. The number of nitrogens with zero attached hydrogens (tertiary/aromatic N) is 3. The average Bonchev–Trinajstić information content (AvgIpc) is 2.75. The van der Waals surface area contributed by atoms with Crippen LogP contribution < -0.4 is 0 Å². The molecule has 0 fully saturated rings. The highest BCUT2D eigenvalue weighted by atomic mass is 32.1. The Morgan fingerprint density at radius 2 is 2.50 bits per heavy atom. The maximum atomic E-state index is 9.81. The van der Waals surface area contributed by atoms with Crippen LogP contribution in [0.3, 0.4) is 0 Å². The van der Waals surface area contributed by atoms with Crippen LogP contribution in [0.2, 0.25) is 0 Å². The van der Waals surface area contributed by atoms with Crippen molar-refractivity contribution in [2.75, 3.05) is 0 Å². The second-order valence-electron chi connectivity index (χ2n) is 3.10. The van der Waals surface area contributed by atoms with Crippen molar-refractivity contribution in [3.8, 4) is 0 Å². The first-order chi connectivity index (χ1) is 6.75. The molecule has 0 saturated heterocycles.